The number of ether oxygens (including phenoxy) is 1. The van der Waals surface area contributed by atoms with Gasteiger partial charge in [-0.25, -0.2) is 4.98 Å². The number of benzene rings is 1. The maximum atomic E-state index is 13.6. The summed E-state index contributed by atoms with van der Waals surface area (Å²) in [7, 11) is 1.56. The largest absolute Gasteiger partial charge is 0.503 e. The number of hydrogen-bond acceptors (Lipinski definition) is 7. The summed E-state index contributed by atoms with van der Waals surface area (Å²) in [5.41, 5.74) is 2.20. The van der Waals surface area contributed by atoms with Crippen LogP contribution in [0.15, 0.2) is 65.5 Å². The van der Waals surface area contributed by atoms with Crippen LogP contribution < -0.4 is 9.64 Å². The number of rotatable bonds is 6. The molecule has 0 radical (unpaired) electrons. The van der Waals surface area contributed by atoms with Crippen molar-refractivity contribution in [3.8, 4) is 17.0 Å². The Bertz CT molecular complexity index is 1230. The number of pyridine rings is 1. The molecule has 174 valence electrons. The topological polar surface area (TPSA) is 92.6 Å². The van der Waals surface area contributed by atoms with Crippen LogP contribution in [0, 0.1) is 5.92 Å². The molecule has 0 saturated heterocycles. The molecule has 1 fully saturated rings. The predicted molar refractivity (Wildman–Crippen MR) is 130 cm³/mol. The van der Waals surface area contributed by atoms with E-state index in [1.54, 1.807) is 43.8 Å². The molecular weight excluding hydrogens is 450 g/mol. The molecule has 1 aromatic carbocycles. The van der Waals surface area contributed by atoms with E-state index in [0.717, 1.165) is 43.4 Å². The molecule has 34 heavy (non-hydrogen) atoms. The molecule has 1 aliphatic heterocycles. The van der Waals surface area contributed by atoms with Crippen molar-refractivity contribution >= 4 is 28.2 Å². The van der Waals surface area contributed by atoms with E-state index in [9.17, 15) is 14.7 Å². The van der Waals surface area contributed by atoms with Crippen LogP contribution in [0.5, 0.6) is 5.75 Å². The Morgan fingerprint density at radius 3 is 2.47 bits per heavy atom. The van der Waals surface area contributed by atoms with Gasteiger partial charge >= 0.3 is 0 Å². The minimum atomic E-state index is -0.567. The minimum Gasteiger partial charge on any atom is -0.503 e. The van der Waals surface area contributed by atoms with E-state index in [0.29, 0.717) is 16.4 Å². The molecule has 5 rings (SSSR count). The summed E-state index contributed by atoms with van der Waals surface area (Å²) in [4.78, 5) is 37.2. The number of aliphatic hydroxyl groups is 1. The lowest BCUT2D eigenvalue weighted by atomic mass is 9.79. The number of nitrogens with zero attached hydrogens (tertiary/aromatic N) is 3. The van der Waals surface area contributed by atoms with Gasteiger partial charge in [0.1, 0.15) is 5.75 Å². The average Bonchev–Trinajstić information content (AvgIpc) is 3.48. The van der Waals surface area contributed by atoms with Crippen LogP contribution in [-0.2, 0) is 4.79 Å². The van der Waals surface area contributed by atoms with Crippen molar-refractivity contribution in [2.45, 2.75) is 38.1 Å². The quantitative estimate of drug-likeness (QED) is 0.493. The van der Waals surface area contributed by atoms with Gasteiger partial charge in [-0.2, -0.15) is 0 Å². The summed E-state index contributed by atoms with van der Waals surface area (Å²) in [6, 6.07) is 9.91. The third-order valence-corrected chi connectivity index (χ3v) is 7.46. The molecule has 1 unspecified atom stereocenters. The monoisotopic (exact) mass is 475 g/mol. The second kappa shape index (κ2) is 9.38. The predicted octanol–water partition coefficient (Wildman–Crippen LogP) is 5.20. The maximum absolute atomic E-state index is 13.6. The standard InChI is InChI=1S/C26H25N3O4S/c1-33-19-9-7-18(8-10-19)23(30)21-22(17-5-3-2-4-6-17)29(25(32)24(21)31)26-28-20(15-34-26)16-11-13-27-14-12-16/h7-15,17,22,31H,2-6H2,1H3. The summed E-state index contributed by atoms with van der Waals surface area (Å²) >= 11 is 1.34. The van der Waals surface area contributed by atoms with Crippen LogP contribution in [0.4, 0.5) is 5.13 Å². The molecule has 3 heterocycles. The summed E-state index contributed by atoms with van der Waals surface area (Å²) in [6.45, 7) is 0. The molecular formula is C26H25N3O4S. The first-order chi connectivity index (χ1) is 16.6. The number of aromatic nitrogens is 2. The molecule has 1 N–H and O–H groups in total. The van der Waals surface area contributed by atoms with Gasteiger partial charge in [-0.3, -0.25) is 19.5 Å². The molecule has 1 amide bonds. The van der Waals surface area contributed by atoms with Gasteiger partial charge in [-0.15, -0.1) is 11.3 Å². The van der Waals surface area contributed by atoms with E-state index in [2.05, 4.69) is 4.98 Å². The Kier molecular flexibility index (Phi) is 6.15. The highest BCUT2D eigenvalue weighted by Crippen LogP contribution is 2.42. The lowest BCUT2D eigenvalue weighted by Crippen LogP contribution is -2.42. The molecule has 3 aromatic rings. The van der Waals surface area contributed by atoms with Gasteiger partial charge in [0.15, 0.2) is 16.7 Å². The molecule has 8 heteroatoms. The molecule has 1 aliphatic carbocycles. The number of aliphatic hydroxyl groups excluding tert-OH is 1. The van der Waals surface area contributed by atoms with Gasteiger partial charge in [-0.05, 0) is 55.2 Å². The second-order valence-electron chi connectivity index (χ2n) is 8.59. The number of Topliss-reactive ketones (excluding diaryl/α,β-unsaturated/α-hetero) is 1. The van der Waals surface area contributed by atoms with Crippen LogP contribution in [0.1, 0.15) is 42.5 Å². The molecule has 2 aromatic heterocycles. The summed E-state index contributed by atoms with van der Waals surface area (Å²) in [6.07, 6.45) is 8.38. The van der Waals surface area contributed by atoms with Gasteiger partial charge in [0.2, 0.25) is 0 Å². The Labute approximate surface area is 201 Å². The lowest BCUT2D eigenvalue weighted by Gasteiger charge is -2.33. The molecule has 2 aliphatic rings. The first kappa shape index (κ1) is 22.3. The van der Waals surface area contributed by atoms with Crippen molar-refractivity contribution in [1.29, 1.82) is 0 Å². The van der Waals surface area contributed by atoms with Crippen molar-refractivity contribution in [1.82, 2.24) is 9.97 Å². The fourth-order valence-corrected chi connectivity index (χ4v) is 5.76. The fraction of sp³-hybridized carbons (Fsp3) is 0.308. The van der Waals surface area contributed by atoms with Gasteiger partial charge in [0.05, 0.1) is 24.4 Å². The summed E-state index contributed by atoms with van der Waals surface area (Å²) < 4.78 is 5.20. The van der Waals surface area contributed by atoms with E-state index in [-0.39, 0.29) is 17.3 Å². The Hall–Kier alpha value is -3.52. The lowest BCUT2D eigenvalue weighted by molar-refractivity contribution is -0.117. The van der Waals surface area contributed by atoms with E-state index in [1.807, 2.05) is 17.5 Å². The Morgan fingerprint density at radius 1 is 1.09 bits per heavy atom. The average molecular weight is 476 g/mol. The van der Waals surface area contributed by atoms with Crippen LogP contribution in [-0.4, -0.2) is 39.9 Å². The van der Waals surface area contributed by atoms with E-state index >= 15 is 0 Å². The number of carbonyl (C=O) groups excluding carboxylic acids is 2. The van der Waals surface area contributed by atoms with E-state index in [4.69, 9.17) is 9.72 Å². The fourth-order valence-electron chi connectivity index (χ4n) is 4.90. The number of methoxy groups -OCH3 is 1. The number of ketones is 1. The maximum Gasteiger partial charge on any atom is 0.296 e. The first-order valence-electron chi connectivity index (χ1n) is 11.4. The summed E-state index contributed by atoms with van der Waals surface area (Å²) in [5.74, 6) is -0.667. The van der Waals surface area contributed by atoms with Crippen LogP contribution in [0.3, 0.4) is 0 Å². The number of hydrogen-bond donors (Lipinski definition) is 1. The second-order valence-corrected chi connectivity index (χ2v) is 9.43. The Morgan fingerprint density at radius 2 is 1.79 bits per heavy atom. The number of amides is 1. The number of anilines is 1. The molecule has 7 nitrogen and oxygen atoms in total. The third kappa shape index (κ3) is 3.98. The molecule has 0 bridgehead atoms. The third-order valence-electron chi connectivity index (χ3n) is 6.62. The SMILES string of the molecule is COc1ccc(C(=O)C2=C(O)C(=O)N(c3nc(-c4ccncc4)cs3)C2C2CCCCC2)cc1. The zero-order chi connectivity index (χ0) is 23.7. The van der Waals surface area contributed by atoms with Gasteiger partial charge in [0.25, 0.3) is 5.91 Å². The van der Waals surface area contributed by atoms with E-state index in [1.165, 1.54) is 16.2 Å². The van der Waals surface area contributed by atoms with Crippen LogP contribution >= 0.6 is 11.3 Å². The molecule has 1 atom stereocenters. The zero-order valence-electron chi connectivity index (χ0n) is 18.8. The van der Waals surface area contributed by atoms with Crippen molar-refractivity contribution < 1.29 is 19.4 Å². The highest BCUT2D eigenvalue weighted by atomic mass is 32.1. The molecule has 0 spiro atoms. The van der Waals surface area contributed by atoms with Crippen molar-refractivity contribution in [2.75, 3.05) is 12.0 Å². The Balaban J connectivity index is 1.54. The number of thiazole rings is 1. The smallest absolute Gasteiger partial charge is 0.296 e. The van der Waals surface area contributed by atoms with E-state index < -0.39 is 17.7 Å². The van der Waals surface area contributed by atoms with Crippen molar-refractivity contribution in [3.63, 3.8) is 0 Å². The van der Waals surface area contributed by atoms with Gasteiger partial charge < -0.3 is 9.84 Å². The minimum absolute atomic E-state index is 0.0767. The first-order valence-corrected chi connectivity index (χ1v) is 12.3. The van der Waals surface area contributed by atoms with Gasteiger partial charge in [-0.1, -0.05) is 19.3 Å². The van der Waals surface area contributed by atoms with Crippen molar-refractivity contribution in [3.05, 3.63) is 71.1 Å². The highest BCUT2D eigenvalue weighted by Gasteiger charge is 2.48. The van der Waals surface area contributed by atoms with Gasteiger partial charge in [0, 0.05) is 28.9 Å². The summed E-state index contributed by atoms with van der Waals surface area (Å²) in [5, 5.41) is 13.3. The highest BCUT2D eigenvalue weighted by molar-refractivity contribution is 7.14. The van der Waals surface area contributed by atoms with Crippen molar-refractivity contribution in [2.24, 2.45) is 5.92 Å². The van der Waals surface area contributed by atoms with Crippen LogP contribution in [0.2, 0.25) is 0 Å². The molecule has 1 saturated carbocycles. The number of carbonyl (C=O) groups is 2. The zero-order valence-corrected chi connectivity index (χ0v) is 19.6. The normalized spacial score (nSPS) is 19.0. The van der Waals surface area contributed by atoms with Crippen LogP contribution in [0.25, 0.3) is 11.3 Å².